The molecule has 206 valence electrons. The average Bonchev–Trinajstić information content (AvgIpc) is 3.66. The van der Waals surface area contributed by atoms with Crippen LogP contribution in [-0.2, 0) is 18.3 Å². The van der Waals surface area contributed by atoms with Crippen LogP contribution in [0.2, 0.25) is 0 Å². The molecule has 0 aliphatic heterocycles. The number of carbonyl (C=O) groups is 3. The van der Waals surface area contributed by atoms with Crippen LogP contribution in [0, 0.1) is 0 Å². The number of fused-ring (bicyclic) bond motifs is 3. The van der Waals surface area contributed by atoms with Crippen molar-refractivity contribution >= 4 is 46.3 Å². The highest BCUT2D eigenvalue weighted by Crippen LogP contribution is 2.24. The highest BCUT2D eigenvalue weighted by molar-refractivity contribution is 6.00. The molecular weight excluding hydrogens is 520 g/mol. The molecule has 0 saturated heterocycles. The molecule has 5 N–H and O–H groups in total. The maximum atomic E-state index is 12.8. The monoisotopic (exact) mass is 546 g/mol. The van der Waals surface area contributed by atoms with E-state index in [2.05, 4.69) is 41.4 Å². The highest BCUT2D eigenvalue weighted by Gasteiger charge is 2.19. The van der Waals surface area contributed by atoms with Crippen LogP contribution in [0.5, 0.6) is 0 Å². The second kappa shape index (κ2) is 11.5. The third-order valence-electron chi connectivity index (χ3n) is 5.82. The molecule has 0 unspecified atom stereocenters. The predicted molar refractivity (Wildman–Crippen MR) is 144 cm³/mol. The minimum atomic E-state index is -1.06. The van der Waals surface area contributed by atoms with Crippen LogP contribution in [0.25, 0.3) is 28.3 Å². The minimum absolute atomic E-state index is 0.121. The number of carbonyl (C=O) groups excluding carboxylic acids is 2. The van der Waals surface area contributed by atoms with Crippen molar-refractivity contribution in [3.8, 4) is 11.6 Å². The fourth-order valence-corrected chi connectivity index (χ4v) is 3.98. The number of nitrogens with one attached hydrogen (secondary N) is 4. The van der Waals surface area contributed by atoms with Crippen molar-refractivity contribution in [2.24, 2.45) is 7.05 Å². The lowest BCUT2D eigenvalue weighted by atomic mass is 10.1. The van der Waals surface area contributed by atoms with Crippen LogP contribution in [-0.4, -0.2) is 65.6 Å². The van der Waals surface area contributed by atoms with Gasteiger partial charge in [-0.3, -0.25) is 14.8 Å². The summed E-state index contributed by atoms with van der Waals surface area (Å²) in [6.45, 7) is 0.803. The van der Waals surface area contributed by atoms with Gasteiger partial charge in [0.15, 0.2) is 17.1 Å². The van der Waals surface area contributed by atoms with Gasteiger partial charge in [-0.05, 0) is 42.7 Å². The summed E-state index contributed by atoms with van der Waals surface area (Å²) in [5.74, 6) is 0.779. The molecule has 0 aliphatic carbocycles. The van der Waals surface area contributed by atoms with Crippen LogP contribution >= 0.6 is 0 Å². The number of rotatable bonds is 10. The molecule has 40 heavy (non-hydrogen) atoms. The van der Waals surface area contributed by atoms with Crippen LogP contribution in [0.15, 0.2) is 53.3 Å². The first kappa shape index (κ1) is 26.1. The van der Waals surface area contributed by atoms with E-state index in [0.717, 1.165) is 5.56 Å². The van der Waals surface area contributed by atoms with Crippen LogP contribution in [0.4, 0.5) is 21.2 Å². The molecule has 0 saturated carbocycles. The first-order chi connectivity index (χ1) is 19.4. The Labute approximate surface area is 226 Å². The van der Waals surface area contributed by atoms with E-state index in [1.807, 2.05) is 0 Å². The molecule has 4 aromatic heterocycles. The number of hydrogen-bond donors (Lipinski definition) is 5. The van der Waals surface area contributed by atoms with Gasteiger partial charge in [-0.2, -0.15) is 14.6 Å². The minimum Gasteiger partial charge on any atom is -0.465 e. The highest BCUT2D eigenvalue weighted by atomic mass is 16.4. The summed E-state index contributed by atoms with van der Waals surface area (Å²) >= 11 is 0. The normalized spacial score (nSPS) is 11.0. The number of furan rings is 1. The fourth-order valence-electron chi connectivity index (χ4n) is 3.98. The summed E-state index contributed by atoms with van der Waals surface area (Å²) in [6.07, 6.45) is 3.70. The molecule has 0 atom stereocenters. The van der Waals surface area contributed by atoms with Crippen molar-refractivity contribution < 1.29 is 23.9 Å². The van der Waals surface area contributed by atoms with Gasteiger partial charge in [-0.25, -0.2) is 14.6 Å². The number of aryl methyl sites for hydroxylation is 1. The zero-order valence-electron chi connectivity index (χ0n) is 21.4. The summed E-state index contributed by atoms with van der Waals surface area (Å²) in [7, 11) is 1.76. The van der Waals surface area contributed by atoms with E-state index in [9.17, 15) is 14.4 Å². The van der Waals surface area contributed by atoms with Crippen molar-refractivity contribution in [2.75, 3.05) is 23.7 Å². The maximum Gasteiger partial charge on any atom is 0.404 e. The zero-order valence-corrected chi connectivity index (χ0v) is 21.4. The predicted octanol–water partition coefficient (Wildman–Crippen LogP) is 2.62. The van der Waals surface area contributed by atoms with Gasteiger partial charge in [0, 0.05) is 32.0 Å². The SMILES string of the molecule is Cn1cc2c(nc(NC(=O)Nc3ccc(CC(=O)NCCCCNC(=O)O)cc3)n3nc(-c4ccco4)nc23)n1. The van der Waals surface area contributed by atoms with Crippen LogP contribution < -0.4 is 21.3 Å². The van der Waals surface area contributed by atoms with E-state index >= 15 is 0 Å². The quantitative estimate of drug-likeness (QED) is 0.164. The Morgan fingerprint density at radius 3 is 2.48 bits per heavy atom. The van der Waals surface area contributed by atoms with Crippen molar-refractivity contribution in [1.29, 1.82) is 0 Å². The standard InChI is InChI=1S/C25H26N10O5/c1-34-14-17-20(32-34)30-23(35-22(17)29-21(33-35)18-5-4-12-40-18)31-24(37)28-16-8-6-15(7-9-16)13-19(36)26-10-2-3-11-27-25(38)39/h4-9,12,14,27H,2-3,10-11,13H2,1H3,(H,26,36)(H,38,39)(H2,28,30,31,32,37). The number of urea groups is 1. The van der Waals surface area contributed by atoms with E-state index in [1.54, 1.807) is 54.3 Å². The molecule has 0 aliphatic rings. The van der Waals surface area contributed by atoms with E-state index in [0.29, 0.717) is 59.9 Å². The number of aromatic nitrogens is 6. The second-order valence-corrected chi connectivity index (χ2v) is 8.87. The van der Waals surface area contributed by atoms with Gasteiger partial charge in [-0.1, -0.05) is 12.1 Å². The number of nitrogens with zero attached hydrogens (tertiary/aromatic N) is 6. The number of hydrogen-bond acceptors (Lipinski definition) is 8. The van der Waals surface area contributed by atoms with Gasteiger partial charge >= 0.3 is 12.1 Å². The zero-order chi connectivity index (χ0) is 28.1. The second-order valence-electron chi connectivity index (χ2n) is 8.87. The lowest BCUT2D eigenvalue weighted by Crippen LogP contribution is -2.27. The summed E-state index contributed by atoms with van der Waals surface area (Å²) in [5, 5.41) is 28.5. The molecule has 4 heterocycles. The van der Waals surface area contributed by atoms with Gasteiger partial charge in [0.25, 0.3) is 0 Å². The van der Waals surface area contributed by atoms with Gasteiger partial charge in [0.05, 0.1) is 18.1 Å². The topological polar surface area (TPSA) is 194 Å². The number of amides is 4. The van der Waals surface area contributed by atoms with Gasteiger partial charge in [0.2, 0.25) is 17.7 Å². The molecule has 0 radical (unpaired) electrons. The molecule has 15 nitrogen and oxygen atoms in total. The Kier molecular flexibility index (Phi) is 7.52. The first-order valence-corrected chi connectivity index (χ1v) is 12.4. The smallest absolute Gasteiger partial charge is 0.404 e. The summed E-state index contributed by atoms with van der Waals surface area (Å²) in [4.78, 5) is 44.4. The van der Waals surface area contributed by atoms with Crippen LogP contribution in [0.3, 0.4) is 0 Å². The number of benzene rings is 1. The third kappa shape index (κ3) is 6.15. The Bertz CT molecular complexity index is 1660. The fraction of sp³-hybridized carbons (Fsp3) is 0.240. The lowest BCUT2D eigenvalue weighted by molar-refractivity contribution is -0.120. The molecule has 5 rings (SSSR count). The Balaban J connectivity index is 1.20. The summed E-state index contributed by atoms with van der Waals surface area (Å²) in [6, 6.07) is 9.78. The molecule has 0 spiro atoms. The molecule has 15 heteroatoms. The Morgan fingerprint density at radius 1 is 0.975 bits per heavy atom. The van der Waals surface area contributed by atoms with Crippen molar-refractivity contribution in [3.05, 3.63) is 54.4 Å². The molecule has 5 aromatic rings. The van der Waals surface area contributed by atoms with E-state index in [4.69, 9.17) is 9.52 Å². The number of carboxylic acid groups (broad SMARTS) is 1. The van der Waals surface area contributed by atoms with Gasteiger partial charge in [0.1, 0.15) is 0 Å². The van der Waals surface area contributed by atoms with Crippen molar-refractivity contribution in [1.82, 2.24) is 40.0 Å². The van der Waals surface area contributed by atoms with E-state index in [-0.39, 0.29) is 18.3 Å². The number of anilines is 2. The van der Waals surface area contributed by atoms with Crippen LogP contribution in [0.1, 0.15) is 18.4 Å². The molecule has 0 bridgehead atoms. The van der Waals surface area contributed by atoms with Gasteiger partial charge in [-0.15, -0.1) is 5.10 Å². The molecule has 1 aromatic carbocycles. The summed E-state index contributed by atoms with van der Waals surface area (Å²) < 4.78 is 8.44. The lowest BCUT2D eigenvalue weighted by Gasteiger charge is -2.09. The van der Waals surface area contributed by atoms with Gasteiger partial charge < -0.3 is 25.5 Å². The van der Waals surface area contributed by atoms with E-state index in [1.165, 1.54) is 10.8 Å². The maximum absolute atomic E-state index is 12.8. The Morgan fingerprint density at radius 2 is 1.75 bits per heavy atom. The molecule has 4 amide bonds. The number of unbranched alkanes of at least 4 members (excludes halogenated alkanes) is 1. The molecule has 0 fully saturated rings. The third-order valence-corrected chi connectivity index (χ3v) is 5.82. The van der Waals surface area contributed by atoms with E-state index < -0.39 is 12.1 Å². The average molecular weight is 547 g/mol. The first-order valence-electron chi connectivity index (χ1n) is 12.4. The van der Waals surface area contributed by atoms with Crippen molar-refractivity contribution in [3.63, 3.8) is 0 Å². The van der Waals surface area contributed by atoms with Crippen molar-refractivity contribution in [2.45, 2.75) is 19.3 Å². The Hall–Kier alpha value is -5.47. The summed E-state index contributed by atoms with van der Waals surface area (Å²) in [5.41, 5.74) is 2.13. The molecular formula is C25H26N10O5. The largest absolute Gasteiger partial charge is 0.465 e.